The van der Waals surface area contributed by atoms with E-state index in [-0.39, 0.29) is 5.92 Å². The molecule has 2 aliphatic carbocycles. The normalized spacial score (nSPS) is 25.9. The fourth-order valence-electron chi connectivity index (χ4n) is 5.70. The van der Waals surface area contributed by atoms with Gasteiger partial charge in [-0.1, -0.05) is 123 Å². The van der Waals surface area contributed by atoms with Crippen molar-refractivity contribution in [1.82, 2.24) is 0 Å². The van der Waals surface area contributed by atoms with Crippen LogP contribution in [0.1, 0.15) is 81.5 Å². The van der Waals surface area contributed by atoms with Crippen molar-refractivity contribution in [3.63, 3.8) is 0 Å². The Morgan fingerprint density at radius 2 is 1.74 bits per heavy atom. The van der Waals surface area contributed by atoms with E-state index in [1.54, 1.807) is 6.07 Å². The molecule has 0 spiro atoms. The topological polar surface area (TPSA) is 40.5 Å². The molecular weight excluding hydrogens is 452 g/mol. The van der Waals surface area contributed by atoms with E-state index in [4.69, 9.17) is 11.6 Å². The maximum atomic E-state index is 12.5. The predicted octanol–water partition coefficient (Wildman–Crippen LogP) is 8.12. The van der Waals surface area contributed by atoms with Gasteiger partial charge in [-0.15, -0.1) is 0 Å². The Bertz CT molecular complexity index is 1190. The van der Waals surface area contributed by atoms with Crippen molar-refractivity contribution in [1.29, 1.82) is 0 Å². The first-order valence-electron chi connectivity index (χ1n) is 13.0. The largest absolute Gasteiger partial charge is 0.380 e. The van der Waals surface area contributed by atoms with Crippen LogP contribution >= 0.6 is 11.6 Å². The number of hydrogen-bond donors (Lipinski definition) is 2. The van der Waals surface area contributed by atoms with Gasteiger partial charge < -0.3 is 10.2 Å². The molecule has 2 N–H and O–H groups in total. The first-order chi connectivity index (χ1) is 16.9. The molecular formula is C32H37ClO2. The molecule has 0 heterocycles. The summed E-state index contributed by atoms with van der Waals surface area (Å²) in [5.41, 5.74) is 2.56. The van der Waals surface area contributed by atoms with Crippen molar-refractivity contribution in [2.24, 2.45) is 5.92 Å². The lowest BCUT2D eigenvalue weighted by Gasteiger charge is -2.47. The minimum atomic E-state index is -1.44. The summed E-state index contributed by atoms with van der Waals surface area (Å²) in [4.78, 5) is 0. The Morgan fingerprint density at radius 3 is 2.40 bits per heavy atom. The first kappa shape index (κ1) is 25.7. The van der Waals surface area contributed by atoms with E-state index < -0.39 is 11.2 Å². The number of hydrogen-bond acceptors (Lipinski definition) is 2. The number of fused-ring (bicyclic) bond motifs is 2. The maximum Gasteiger partial charge on any atom is 0.136 e. The van der Waals surface area contributed by atoms with Gasteiger partial charge >= 0.3 is 0 Å². The molecule has 2 aliphatic rings. The SMILES string of the molecule is CCCC1=CCC(C2(O)c3ccccc3C(O)(/C=C/C=C(\CC)CCC)c3c(Cl)cccc32)C=C1. The van der Waals surface area contributed by atoms with Crippen molar-refractivity contribution < 1.29 is 10.2 Å². The van der Waals surface area contributed by atoms with Crippen LogP contribution in [0.2, 0.25) is 5.02 Å². The third kappa shape index (κ3) is 4.60. The summed E-state index contributed by atoms with van der Waals surface area (Å²) >= 11 is 6.79. The lowest BCUT2D eigenvalue weighted by Crippen LogP contribution is -2.46. The molecule has 2 aromatic rings. The van der Waals surface area contributed by atoms with Gasteiger partial charge in [0.1, 0.15) is 11.2 Å². The molecule has 0 amide bonds. The second kappa shape index (κ2) is 10.7. The summed E-state index contributed by atoms with van der Waals surface area (Å²) in [5.74, 6) is -0.161. The average molecular weight is 489 g/mol. The highest BCUT2D eigenvalue weighted by Crippen LogP contribution is 2.54. The zero-order chi connectivity index (χ0) is 25.1. The molecule has 184 valence electrons. The third-order valence-electron chi connectivity index (χ3n) is 7.50. The van der Waals surface area contributed by atoms with Crippen LogP contribution in [0, 0.1) is 5.92 Å². The number of benzene rings is 2. The van der Waals surface area contributed by atoms with E-state index in [1.807, 2.05) is 48.6 Å². The Hall–Kier alpha value is -2.39. The lowest BCUT2D eigenvalue weighted by atomic mass is 9.62. The Balaban J connectivity index is 1.88. The first-order valence-corrected chi connectivity index (χ1v) is 13.4. The molecule has 0 saturated heterocycles. The van der Waals surface area contributed by atoms with Gasteiger partial charge in [-0.3, -0.25) is 0 Å². The van der Waals surface area contributed by atoms with Crippen LogP contribution in [0.3, 0.4) is 0 Å². The Morgan fingerprint density at radius 1 is 1.00 bits per heavy atom. The second-order valence-corrected chi connectivity index (χ2v) is 10.2. The minimum Gasteiger partial charge on any atom is -0.380 e. The summed E-state index contributed by atoms with van der Waals surface area (Å²) in [5, 5.41) is 25.2. The van der Waals surface area contributed by atoms with Crippen LogP contribution < -0.4 is 0 Å². The monoisotopic (exact) mass is 488 g/mol. The molecule has 0 aliphatic heterocycles. The van der Waals surface area contributed by atoms with E-state index in [0.717, 1.165) is 44.1 Å². The van der Waals surface area contributed by atoms with E-state index in [1.165, 1.54) is 11.1 Å². The molecule has 0 aromatic heterocycles. The highest BCUT2D eigenvalue weighted by molar-refractivity contribution is 6.31. The quantitative estimate of drug-likeness (QED) is 0.368. The number of rotatable bonds is 8. The fraction of sp³-hybridized carbons (Fsp3) is 0.375. The molecule has 3 unspecified atom stereocenters. The molecule has 35 heavy (non-hydrogen) atoms. The van der Waals surface area contributed by atoms with Gasteiger partial charge in [-0.25, -0.2) is 0 Å². The summed E-state index contributed by atoms with van der Waals surface area (Å²) in [6.07, 6.45) is 18.4. The molecule has 4 rings (SSSR count). The van der Waals surface area contributed by atoms with Gasteiger partial charge in [0.2, 0.25) is 0 Å². The van der Waals surface area contributed by atoms with Gasteiger partial charge in [0.15, 0.2) is 0 Å². The third-order valence-corrected chi connectivity index (χ3v) is 7.82. The molecule has 0 bridgehead atoms. The van der Waals surface area contributed by atoms with Crippen LogP contribution in [-0.2, 0) is 11.2 Å². The minimum absolute atomic E-state index is 0.161. The van der Waals surface area contributed by atoms with Crippen LogP contribution in [0.5, 0.6) is 0 Å². The van der Waals surface area contributed by atoms with Crippen molar-refractivity contribution in [2.45, 2.75) is 70.5 Å². The number of aliphatic hydroxyl groups is 2. The molecule has 3 heteroatoms. The van der Waals surface area contributed by atoms with Crippen molar-refractivity contribution in [2.75, 3.05) is 0 Å². The van der Waals surface area contributed by atoms with Crippen molar-refractivity contribution >= 4 is 11.6 Å². The van der Waals surface area contributed by atoms with Crippen molar-refractivity contribution in [3.8, 4) is 0 Å². The molecule has 0 saturated carbocycles. The summed E-state index contributed by atoms with van der Waals surface area (Å²) in [6.45, 7) is 6.51. The molecule has 2 nitrogen and oxygen atoms in total. The highest BCUT2D eigenvalue weighted by Gasteiger charge is 2.52. The molecule has 0 fully saturated rings. The van der Waals surface area contributed by atoms with E-state index in [0.29, 0.717) is 21.7 Å². The van der Waals surface area contributed by atoms with Gasteiger partial charge in [0.25, 0.3) is 0 Å². The summed E-state index contributed by atoms with van der Waals surface area (Å²) in [6, 6.07) is 13.3. The van der Waals surface area contributed by atoms with E-state index in [9.17, 15) is 10.2 Å². The summed E-state index contributed by atoms with van der Waals surface area (Å²) < 4.78 is 0. The maximum absolute atomic E-state index is 12.5. The fourth-order valence-corrected chi connectivity index (χ4v) is 6.02. The van der Waals surface area contributed by atoms with Gasteiger partial charge in [-0.2, -0.15) is 0 Å². The zero-order valence-corrected chi connectivity index (χ0v) is 21.9. The molecule has 0 radical (unpaired) electrons. The zero-order valence-electron chi connectivity index (χ0n) is 21.1. The van der Waals surface area contributed by atoms with E-state index >= 15 is 0 Å². The smallest absolute Gasteiger partial charge is 0.136 e. The average Bonchev–Trinajstić information content (AvgIpc) is 2.87. The second-order valence-electron chi connectivity index (χ2n) is 9.76. The number of halogens is 1. The molecule has 3 atom stereocenters. The van der Waals surface area contributed by atoms with Crippen LogP contribution in [0.15, 0.2) is 90.1 Å². The van der Waals surface area contributed by atoms with Crippen molar-refractivity contribution in [3.05, 3.63) is 117 Å². The standard InChI is InChI=1S/C32H37ClO2/c1-4-11-23(6-3)13-10-22-31(34)26-14-7-8-15-27(26)32(35,28-16-9-17-29(33)30(28)31)25-20-18-24(12-5-2)19-21-25/h7-10,13-20,22,25,34-35H,4-6,11-12,21H2,1-3H3/b22-10+,23-13+. The van der Waals surface area contributed by atoms with Gasteiger partial charge in [-0.05, 0) is 54.5 Å². The van der Waals surface area contributed by atoms with Crippen LogP contribution in [0.25, 0.3) is 0 Å². The Labute approximate surface area is 215 Å². The Kier molecular flexibility index (Phi) is 7.86. The lowest BCUT2D eigenvalue weighted by molar-refractivity contribution is 0.0160. The summed E-state index contributed by atoms with van der Waals surface area (Å²) in [7, 11) is 0. The van der Waals surface area contributed by atoms with Gasteiger partial charge in [0.05, 0.1) is 0 Å². The van der Waals surface area contributed by atoms with E-state index in [2.05, 4.69) is 45.1 Å². The molecule has 2 aromatic carbocycles. The number of allylic oxidation sites excluding steroid dienone is 6. The van der Waals surface area contributed by atoms with Crippen LogP contribution in [-0.4, -0.2) is 10.2 Å². The van der Waals surface area contributed by atoms with Gasteiger partial charge in [0, 0.05) is 16.5 Å². The van der Waals surface area contributed by atoms with Crippen LogP contribution in [0.4, 0.5) is 0 Å². The predicted molar refractivity (Wildman–Crippen MR) is 147 cm³/mol. The highest BCUT2D eigenvalue weighted by atomic mass is 35.5.